The molecule has 7 heteroatoms. The van der Waals surface area contributed by atoms with E-state index in [0.717, 1.165) is 37.2 Å². The first kappa shape index (κ1) is 23.3. The topological polar surface area (TPSA) is 58.8 Å². The lowest BCUT2D eigenvalue weighted by Gasteiger charge is -2.37. The molecule has 2 aromatic rings. The van der Waals surface area contributed by atoms with Crippen LogP contribution in [0.1, 0.15) is 53.2 Å². The largest absolute Gasteiger partial charge is 0.444 e. The molecule has 1 aromatic heterocycles. The molecule has 0 N–H and O–H groups in total. The number of benzene rings is 1. The van der Waals surface area contributed by atoms with Crippen molar-refractivity contribution < 1.29 is 18.3 Å². The molecule has 3 rings (SSSR count). The van der Waals surface area contributed by atoms with Gasteiger partial charge in [-0.1, -0.05) is 0 Å². The average Bonchev–Trinajstić information content (AvgIpc) is 3.13. The van der Waals surface area contributed by atoms with Crippen LogP contribution in [0.25, 0.3) is 11.5 Å². The number of nitrogens with zero attached hydrogens (tertiary/aromatic N) is 3. The maximum Gasteiger partial charge on any atom is 0.410 e. The average molecular weight is 432 g/mol. The lowest BCUT2D eigenvalue weighted by atomic mass is 9.97. The number of aromatic nitrogens is 1. The van der Waals surface area contributed by atoms with Crippen LogP contribution in [0.5, 0.6) is 0 Å². The molecule has 0 spiro atoms. The Morgan fingerprint density at radius 2 is 2.03 bits per heavy atom. The van der Waals surface area contributed by atoms with E-state index in [9.17, 15) is 9.18 Å². The molecule has 1 aliphatic heterocycles. The van der Waals surface area contributed by atoms with E-state index in [2.05, 4.69) is 9.88 Å². The third-order valence-corrected chi connectivity index (χ3v) is 5.34. The predicted octanol–water partition coefficient (Wildman–Crippen LogP) is 5.34. The Labute approximate surface area is 184 Å². The van der Waals surface area contributed by atoms with Gasteiger partial charge in [0.25, 0.3) is 0 Å². The van der Waals surface area contributed by atoms with E-state index < -0.39 is 5.60 Å². The zero-order valence-electron chi connectivity index (χ0n) is 19.2. The Hall–Kier alpha value is -2.41. The highest BCUT2D eigenvalue weighted by molar-refractivity contribution is 5.68. The third-order valence-electron chi connectivity index (χ3n) is 5.34. The molecule has 1 atom stereocenters. The number of ether oxygens (including phenoxy) is 1. The Bertz CT molecular complexity index is 858. The number of hydrogen-bond acceptors (Lipinski definition) is 5. The number of halogens is 1. The quantitative estimate of drug-likeness (QED) is 0.618. The fourth-order valence-corrected chi connectivity index (χ4v) is 3.87. The minimum atomic E-state index is -0.502. The minimum absolute atomic E-state index is 0.0824. The molecule has 1 unspecified atom stereocenters. The summed E-state index contributed by atoms with van der Waals surface area (Å²) < 4.78 is 24.3. The van der Waals surface area contributed by atoms with E-state index in [4.69, 9.17) is 9.15 Å². The molecule has 0 aliphatic carbocycles. The van der Waals surface area contributed by atoms with E-state index in [1.54, 1.807) is 18.4 Å². The van der Waals surface area contributed by atoms with Gasteiger partial charge in [-0.05, 0) is 84.2 Å². The van der Waals surface area contributed by atoms with Crippen molar-refractivity contribution in [1.82, 2.24) is 14.8 Å². The lowest BCUT2D eigenvalue weighted by molar-refractivity contribution is 0.0118. The first-order chi connectivity index (χ1) is 14.6. The zero-order valence-corrected chi connectivity index (χ0v) is 19.2. The molecule has 6 nitrogen and oxygen atoms in total. The van der Waals surface area contributed by atoms with Crippen molar-refractivity contribution in [3.63, 3.8) is 0 Å². The summed E-state index contributed by atoms with van der Waals surface area (Å²) in [5, 5.41) is 0. The van der Waals surface area contributed by atoms with Gasteiger partial charge in [0.05, 0.1) is 5.69 Å². The zero-order chi connectivity index (χ0) is 22.6. The SMILES string of the molecule is CC(C)N(CC1CCCN(Cc2coc(-c3ccc(F)cc3)n2)C1)C(=O)OC(C)(C)C. The van der Waals surface area contributed by atoms with Crippen LogP contribution in [0.15, 0.2) is 34.9 Å². The number of oxazole rings is 1. The highest BCUT2D eigenvalue weighted by Crippen LogP contribution is 2.24. The second-order valence-electron chi connectivity index (χ2n) is 9.62. The molecule has 31 heavy (non-hydrogen) atoms. The van der Waals surface area contributed by atoms with Gasteiger partial charge in [0.2, 0.25) is 5.89 Å². The molecule has 0 bridgehead atoms. The highest BCUT2D eigenvalue weighted by atomic mass is 19.1. The van der Waals surface area contributed by atoms with Crippen LogP contribution >= 0.6 is 0 Å². The normalized spacial score (nSPS) is 17.7. The number of likely N-dealkylation sites (tertiary alicyclic amines) is 1. The second kappa shape index (κ2) is 9.81. The first-order valence-electron chi connectivity index (χ1n) is 11.0. The van der Waals surface area contributed by atoms with Crippen molar-refractivity contribution in [2.24, 2.45) is 5.92 Å². The summed E-state index contributed by atoms with van der Waals surface area (Å²) in [5.41, 5.74) is 1.11. The molecule has 1 saturated heterocycles. The molecule has 1 aromatic carbocycles. The molecule has 2 heterocycles. The summed E-state index contributed by atoms with van der Waals surface area (Å²) in [6, 6.07) is 6.22. The van der Waals surface area contributed by atoms with Crippen LogP contribution in [0, 0.1) is 11.7 Å². The van der Waals surface area contributed by atoms with Crippen LogP contribution in [-0.2, 0) is 11.3 Å². The monoisotopic (exact) mass is 431 g/mol. The lowest BCUT2D eigenvalue weighted by Crippen LogP contribution is -2.46. The van der Waals surface area contributed by atoms with Crippen molar-refractivity contribution >= 4 is 6.09 Å². The minimum Gasteiger partial charge on any atom is -0.444 e. The summed E-state index contributed by atoms with van der Waals surface area (Å²) in [6.45, 7) is 13.0. The summed E-state index contributed by atoms with van der Waals surface area (Å²) >= 11 is 0. The third kappa shape index (κ3) is 6.79. The van der Waals surface area contributed by atoms with Crippen LogP contribution < -0.4 is 0 Å². The molecule has 0 saturated carbocycles. The van der Waals surface area contributed by atoms with Crippen molar-refractivity contribution in [1.29, 1.82) is 0 Å². The Morgan fingerprint density at radius 1 is 1.32 bits per heavy atom. The van der Waals surface area contributed by atoms with Gasteiger partial charge in [0.1, 0.15) is 17.7 Å². The number of amides is 1. The van der Waals surface area contributed by atoms with Gasteiger partial charge in [-0.15, -0.1) is 0 Å². The summed E-state index contributed by atoms with van der Waals surface area (Å²) in [5.74, 6) is 0.600. The molecular weight excluding hydrogens is 397 g/mol. The second-order valence-corrected chi connectivity index (χ2v) is 9.62. The molecular formula is C24H34FN3O3. The van der Waals surface area contributed by atoms with Gasteiger partial charge in [-0.3, -0.25) is 4.90 Å². The number of carbonyl (C=O) groups excluding carboxylic acids is 1. The fraction of sp³-hybridized carbons (Fsp3) is 0.583. The Kier molecular flexibility index (Phi) is 7.36. The number of piperidine rings is 1. The Morgan fingerprint density at radius 3 is 2.68 bits per heavy atom. The van der Waals surface area contributed by atoms with E-state index >= 15 is 0 Å². The van der Waals surface area contributed by atoms with Gasteiger partial charge >= 0.3 is 6.09 Å². The van der Waals surface area contributed by atoms with E-state index in [-0.39, 0.29) is 18.0 Å². The van der Waals surface area contributed by atoms with Gasteiger partial charge in [-0.2, -0.15) is 0 Å². The van der Waals surface area contributed by atoms with Crippen LogP contribution in [0.3, 0.4) is 0 Å². The van der Waals surface area contributed by atoms with Crippen molar-refractivity contribution in [3.05, 3.63) is 42.0 Å². The summed E-state index contributed by atoms with van der Waals surface area (Å²) in [6.07, 6.45) is 3.58. The van der Waals surface area contributed by atoms with Gasteiger partial charge in [0, 0.05) is 31.2 Å². The van der Waals surface area contributed by atoms with Crippen LogP contribution in [0.4, 0.5) is 9.18 Å². The Balaban J connectivity index is 1.59. The standard InChI is InChI=1S/C24H34FN3O3/c1-17(2)28(23(29)31-24(3,4)5)14-18-7-6-12-27(13-18)15-21-16-30-22(26-21)19-8-10-20(25)11-9-19/h8-11,16-18H,6-7,12-15H2,1-5H3. The van der Waals surface area contributed by atoms with Crippen molar-refractivity contribution in [2.75, 3.05) is 19.6 Å². The number of rotatable bonds is 6. The molecule has 1 fully saturated rings. The number of carbonyl (C=O) groups is 1. The molecule has 0 radical (unpaired) electrons. The molecule has 1 aliphatic rings. The summed E-state index contributed by atoms with van der Waals surface area (Å²) in [7, 11) is 0. The first-order valence-corrected chi connectivity index (χ1v) is 11.0. The van der Waals surface area contributed by atoms with Gasteiger partial charge in [-0.25, -0.2) is 14.2 Å². The van der Waals surface area contributed by atoms with E-state index in [1.807, 2.05) is 39.5 Å². The molecule has 170 valence electrons. The van der Waals surface area contributed by atoms with Crippen molar-refractivity contribution in [2.45, 2.75) is 65.6 Å². The van der Waals surface area contributed by atoms with E-state index in [0.29, 0.717) is 24.9 Å². The van der Waals surface area contributed by atoms with E-state index in [1.165, 1.54) is 12.1 Å². The smallest absolute Gasteiger partial charge is 0.410 e. The highest BCUT2D eigenvalue weighted by Gasteiger charge is 2.29. The van der Waals surface area contributed by atoms with Crippen LogP contribution in [-0.4, -0.2) is 52.2 Å². The predicted molar refractivity (Wildman–Crippen MR) is 118 cm³/mol. The fourth-order valence-electron chi connectivity index (χ4n) is 3.87. The van der Waals surface area contributed by atoms with Crippen molar-refractivity contribution in [3.8, 4) is 11.5 Å². The molecule has 1 amide bonds. The van der Waals surface area contributed by atoms with Gasteiger partial charge in [0.15, 0.2) is 0 Å². The summed E-state index contributed by atoms with van der Waals surface area (Å²) in [4.78, 5) is 21.4. The van der Waals surface area contributed by atoms with Gasteiger partial charge < -0.3 is 14.1 Å². The maximum absolute atomic E-state index is 13.1. The van der Waals surface area contributed by atoms with Crippen LogP contribution in [0.2, 0.25) is 0 Å². The number of hydrogen-bond donors (Lipinski definition) is 0. The maximum atomic E-state index is 13.1.